The van der Waals surface area contributed by atoms with Crippen LogP contribution in [-0.2, 0) is 20.8 Å². The van der Waals surface area contributed by atoms with Gasteiger partial charge in [0.15, 0.2) is 12.3 Å². The molecule has 0 aliphatic rings. The number of amides is 2. The normalized spacial score (nSPS) is 10.6. The summed E-state index contributed by atoms with van der Waals surface area (Å²) >= 11 is 0. The first kappa shape index (κ1) is 22.1. The number of ether oxygens (including phenoxy) is 2. The third-order valence-electron chi connectivity index (χ3n) is 4.14. The van der Waals surface area contributed by atoms with Gasteiger partial charge in [-0.15, -0.1) is 0 Å². The van der Waals surface area contributed by atoms with Gasteiger partial charge in [-0.1, -0.05) is 44.4 Å². The third-order valence-corrected chi connectivity index (χ3v) is 4.14. The van der Waals surface area contributed by atoms with Crippen LogP contribution in [0.4, 0.5) is 4.79 Å². The number of hydrogen-bond donors (Lipinski definition) is 1. The SMILES string of the molecule is CCCCCCn1nc(C(=O)OCC(=O)NC(=O)OCC)c2ccccc2c1=O. The number of hydrogen-bond acceptors (Lipinski definition) is 7. The fourth-order valence-corrected chi connectivity index (χ4v) is 2.74. The van der Waals surface area contributed by atoms with E-state index in [-0.39, 0.29) is 17.9 Å². The molecule has 2 rings (SSSR count). The first-order valence-electron chi connectivity index (χ1n) is 9.61. The summed E-state index contributed by atoms with van der Waals surface area (Å²) < 4.78 is 10.8. The van der Waals surface area contributed by atoms with Crippen molar-refractivity contribution < 1.29 is 23.9 Å². The molecule has 1 aromatic carbocycles. The lowest BCUT2D eigenvalue weighted by molar-refractivity contribution is -0.123. The van der Waals surface area contributed by atoms with Crippen molar-refractivity contribution in [2.24, 2.45) is 0 Å². The highest BCUT2D eigenvalue weighted by molar-refractivity contribution is 6.03. The van der Waals surface area contributed by atoms with Gasteiger partial charge >= 0.3 is 12.1 Å². The van der Waals surface area contributed by atoms with Crippen LogP contribution in [0, 0.1) is 0 Å². The first-order valence-corrected chi connectivity index (χ1v) is 9.61. The summed E-state index contributed by atoms with van der Waals surface area (Å²) in [6.45, 7) is 3.50. The summed E-state index contributed by atoms with van der Waals surface area (Å²) in [5, 5.41) is 6.80. The van der Waals surface area contributed by atoms with Crippen LogP contribution in [0.3, 0.4) is 0 Å². The Morgan fingerprint density at radius 1 is 1.03 bits per heavy atom. The van der Waals surface area contributed by atoms with Gasteiger partial charge in [-0.2, -0.15) is 5.10 Å². The standard InChI is InChI=1S/C20H25N3O6/c1-3-5-6-9-12-23-18(25)15-11-8-7-10-14(15)17(22-23)19(26)29-13-16(24)21-20(27)28-4-2/h7-8,10-11H,3-6,9,12-13H2,1-2H3,(H,21,24,27). The summed E-state index contributed by atoms with van der Waals surface area (Å²) in [6.07, 6.45) is 2.90. The largest absolute Gasteiger partial charge is 0.451 e. The lowest BCUT2D eigenvalue weighted by atomic mass is 10.1. The van der Waals surface area contributed by atoms with Gasteiger partial charge in [0.25, 0.3) is 11.5 Å². The number of aryl methyl sites for hydroxylation is 1. The topological polar surface area (TPSA) is 117 Å². The van der Waals surface area contributed by atoms with Gasteiger partial charge in [0.05, 0.1) is 12.0 Å². The Morgan fingerprint density at radius 3 is 2.45 bits per heavy atom. The van der Waals surface area contributed by atoms with Crippen molar-refractivity contribution in [1.29, 1.82) is 0 Å². The van der Waals surface area contributed by atoms with Crippen molar-refractivity contribution in [3.63, 3.8) is 0 Å². The highest BCUT2D eigenvalue weighted by Crippen LogP contribution is 2.14. The first-order chi connectivity index (χ1) is 14.0. The molecule has 2 aromatic rings. The number of esters is 1. The molecule has 0 saturated heterocycles. The molecule has 29 heavy (non-hydrogen) atoms. The van der Waals surface area contributed by atoms with Crippen molar-refractivity contribution in [1.82, 2.24) is 15.1 Å². The van der Waals surface area contributed by atoms with Crippen LogP contribution in [-0.4, -0.2) is 41.0 Å². The minimum atomic E-state index is -0.919. The van der Waals surface area contributed by atoms with Crippen LogP contribution in [0.25, 0.3) is 10.8 Å². The Balaban J connectivity index is 2.18. The smallest absolute Gasteiger partial charge is 0.413 e. The molecule has 0 atom stereocenters. The number of unbranched alkanes of at least 4 members (excludes halogenated alkanes) is 3. The highest BCUT2D eigenvalue weighted by atomic mass is 16.6. The maximum Gasteiger partial charge on any atom is 0.413 e. The van der Waals surface area contributed by atoms with Gasteiger partial charge in [0.1, 0.15) is 0 Å². The molecule has 0 fully saturated rings. The lowest BCUT2D eigenvalue weighted by Gasteiger charge is -2.11. The van der Waals surface area contributed by atoms with Crippen LogP contribution in [0.1, 0.15) is 50.0 Å². The van der Waals surface area contributed by atoms with E-state index in [1.807, 2.05) is 5.32 Å². The number of aromatic nitrogens is 2. The zero-order valence-corrected chi connectivity index (χ0v) is 16.6. The number of benzene rings is 1. The molecular formula is C20H25N3O6. The van der Waals surface area contributed by atoms with Crippen molar-refractivity contribution in [2.75, 3.05) is 13.2 Å². The van der Waals surface area contributed by atoms with E-state index in [2.05, 4.69) is 16.8 Å². The molecule has 0 aliphatic heterocycles. The van der Waals surface area contributed by atoms with Gasteiger partial charge < -0.3 is 9.47 Å². The van der Waals surface area contributed by atoms with Gasteiger partial charge in [0.2, 0.25) is 0 Å². The predicted molar refractivity (Wildman–Crippen MR) is 106 cm³/mol. The van der Waals surface area contributed by atoms with Crippen molar-refractivity contribution >= 4 is 28.7 Å². The summed E-state index contributed by atoms with van der Waals surface area (Å²) in [7, 11) is 0. The fraction of sp³-hybridized carbons (Fsp3) is 0.450. The number of alkyl carbamates (subject to hydrolysis) is 1. The van der Waals surface area contributed by atoms with Gasteiger partial charge in [-0.25, -0.2) is 14.3 Å². The van der Waals surface area contributed by atoms with Crippen molar-refractivity contribution in [2.45, 2.75) is 46.1 Å². The van der Waals surface area contributed by atoms with Crippen LogP contribution in [0.2, 0.25) is 0 Å². The Kier molecular flexibility index (Phi) is 8.32. The average molecular weight is 403 g/mol. The van der Waals surface area contributed by atoms with E-state index in [4.69, 9.17) is 4.74 Å². The number of rotatable bonds is 9. The Hall–Kier alpha value is -3.23. The molecule has 0 aliphatic carbocycles. The molecule has 0 saturated carbocycles. The summed E-state index contributed by atoms with van der Waals surface area (Å²) in [6, 6.07) is 6.60. The van der Waals surface area contributed by atoms with E-state index in [0.717, 1.165) is 25.7 Å². The van der Waals surface area contributed by atoms with E-state index in [1.54, 1.807) is 31.2 Å². The van der Waals surface area contributed by atoms with Crippen LogP contribution in [0.5, 0.6) is 0 Å². The maximum absolute atomic E-state index is 12.6. The minimum absolute atomic E-state index is 0.0559. The van der Waals surface area contributed by atoms with E-state index in [1.165, 1.54) is 4.68 Å². The highest BCUT2D eigenvalue weighted by Gasteiger charge is 2.19. The fourth-order valence-electron chi connectivity index (χ4n) is 2.74. The maximum atomic E-state index is 12.6. The van der Waals surface area contributed by atoms with E-state index in [9.17, 15) is 19.2 Å². The molecule has 2 amide bonds. The monoisotopic (exact) mass is 403 g/mol. The molecule has 0 unspecified atom stereocenters. The number of imide groups is 1. The minimum Gasteiger partial charge on any atom is -0.451 e. The van der Waals surface area contributed by atoms with E-state index in [0.29, 0.717) is 17.3 Å². The number of fused-ring (bicyclic) bond motifs is 1. The van der Waals surface area contributed by atoms with Crippen LogP contribution < -0.4 is 10.9 Å². The molecule has 9 nitrogen and oxygen atoms in total. The number of carbonyl (C=O) groups excluding carboxylic acids is 3. The lowest BCUT2D eigenvalue weighted by Crippen LogP contribution is -2.35. The average Bonchev–Trinajstić information content (AvgIpc) is 2.71. The second kappa shape index (κ2) is 10.9. The number of nitrogens with zero attached hydrogens (tertiary/aromatic N) is 2. The molecule has 0 spiro atoms. The van der Waals surface area contributed by atoms with E-state index >= 15 is 0 Å². The summed E-state index contributed by atoms with van der Waals surface area (Å²) in [5.74, 6) is -1.68. The summed E-state index contributed by atoms with van der Waals surface area (Å²) in [5.41, 5.74) is -0.340. The zero-order chi connectivity index (χ0) is 21.2. The van der Waals surface area contributed by atoms with Crippen molar-refractivity contribution in [3.05, 3.63) is 40.3 Å². The second-order valence-corrected chi connectivity index (χ2v) is 6.33. The van der Waals surface area contributed by atoms with Crippen molar-refractivity contribution in [3.8, 4) is 0 Å². The van der Waals surface area contributed by atoms with Crippen LogP contribution >= 0.6 is 0 Å². The predicted octanol–water partition coefficient (Wildman–Crippen LogP) is 2.41. The zero-order valence-electron chi connectivity index (χ0n) is 16.6. The van der Waals surface area contributed by atoms with Crippen LogP contribution in [0.15, 0.2) is 29.1 Å². The third kappa shape index (κ3) is 6.13. The molecule has 0 radical (unpaired) electrons. The number of nitrogens with one attached hydrogen (secondary N) is 1. The Morgan fingerprint density at radius 2 is 1.76 bits per heavy atom. The molecule has 0 bridgehead atoms. The molecule has 156 valence electrons. The quantitative estimate of drug-likeness (QED) is 0.505. The Bertz CT molecular complexity index is 937. The molecule has 1 aromatic heterocycles. The van der Waals surface area contributed by atoms with Gasteiger partial charge in [-0.05, 0) is 19.4 Å². The molecular weight excluding hydrogens is 378 g/mol. The van der Waals surface area contributed by atoms with E-state index < -0.39 is 24.6 Å². The van der Waals surface area contributed by atoms with Gasteiger partial charge in [0, 0.05) is 11.9 Å². The summed E-state index contributed by atoms with van der Waals surface area (Å²) in [4.78, 5) is 48.1. The second-order valence-electron chi connectivity index (χ2n) is 6.33. The molecule has 1 heterocycles. The number of carbonyl (C=O) groups is 3. The molecule has 1 N–H and O–H groups in total. The Labute approximate surface area is 168 Å². The molecule has 9 heteroatoms. The van der Waals surface area contributed by atoms with Gasteiger partial charge in [-0.3, -0.25) is 14.9 Å².